The maximum Gasteiger partial charge on any atom is 0.270 e. The molecular formula is C24H30N4O3S2. The Morgan fingerprint density at radius 1 is 1.21 bits per heavy atom. The molecule has 0 radical (unpaired) electrons. The predicted octanol–water partition coefficient (Wildman–Crippen LogP) is 3.81. The van der Waals surface area contributed by atoms with Crippen LogP contribution in [0.2, 0.25) is 0 Å². The van der Waals surface area contributed by atoms with Crippen molar-refractivity contribution in [1.82, 2.24) is 9.47 Å². The molecule has 3 aliphatic rings. The first-order valence-corrected chi connectivity index (χ1v) is 13.0. The van der Waals surface area contributed by atoms with E-state index in [1.54, 1.807) is 16.4 Å². The minimum absolute atomic E-state index is 0.0593. The highest BCUT2D eigenvalue weighted by Crippen LogP contribution is 2.39. The number of anilines is 1. The number of nitriles is 1. The van der Waals surface area contributed by atoms with Crippen molar-refractivity contribution in [3.63, 3.8) is 0 Å². The van der Waals surface area contributed by atoms with Gasteiger partial charge in [0, 0.05) is 31.2 Å². The van der Waals surface area contributed by atoms with Gasteiger partial charge in [-0.2, -0.15) is 5.26 Å². The van der Waals surface area contributed by atoms with Gasteiger partial charge in [0.15, 0.2) is 0 Å². The zero-order valence-electron chi connectivity index (χ0n) is 19.3. The molecule has 1 amide bonds. The van der Waals surface area contributed by atoms with Crippen LogP contribution in [-0.4, -0.2) is 52.0 Å². The Kier molecular flexibility index (Phi) is 7.57. The van der Waals surface area contributed by atoms with Crippen molar-refractivity contribution in [2.45, 2.75) is 65.0 Å². The predicted molar refractivity (Wildman–Crippen MR) is 135 cm³/mol. The monoisotopic (exact) mass is 486 g/mol. The zero-order chi connectivity index (χ0) is 23.5. The Hall–Kier alpha value is -2.15. The fourth-order valence-corrected chi connectivity index (χ4v) is 6.34. The van der Waals surface area contributed by atoms with Crippen LogP contribution in [0, 0.1) is 18.3 Å². The first-order chi connectivity index (χ1) is 16.0. The third-order valence-corrected chi connectivity index (χ3v) is 7.97. The normalized spacial score (nSPS) is 21.2. The average molecular weight is 487 g/mol. The maximum atomic E-state index is 13.4. The van der Waals surface area contributed by atoms with Gasteiger partial charge in [0.05, 0.1) is 18.1 Å². The van der Waals surface area contributed by atoms with Crippen molar-refractivity contribution in [1.29, 1.82) is 5.26 Å². The summed E-state index contributed by atoms with van der Waals surface area (Å²) in [4.78, 5) is 31.1. The van der Waals surface area contributed by atoms with Gasteiger partial charge in [-0.15, -0.1) is 0 Å². The summed E-state index contributed by atoms with van der Waals surface area (Å²) in [6.45, 7) is 6.76. The van der Waals surface area contributed by atoms with E-state index in [0.717, 1.165) is 43.5 Å². The van der Waals surface area contributed by atoms with Gasteiger partial charge in [0.1, 0.15) is 21.8 Å². The summed E-state index contributed by atoms with van der Waals surface area (Å²) in [6.07, 6.45) is 8.03. The van der Waals surface area contributed by atoms with E-state index in [1.807, 2.05) is 13.0 Å². The molecule has 9 heteroatoms. The standard InChI is InChI=1S/C24H30N4O3S2/c1-3-9-27-21(26-10-12-31-13-11-26)18(16(2)19(15-25)22(27)29)14-20-23(30)28(24(32)33-20)17-7-5-4-6-8-17/h14,17H,3-13H2,1-2H3. The fraction of sp³-hybridized carbons (Fsp3) is 0.583. The number of thioether (sulfide) groups is 1. The van der Waals surface area contributed by atoms with E-state index < -0.39 is 0 Å². The van der Waals surface area contributed by atoms with Crippen LogP contribution < -0.4 is 10.5 Å². The van der Waals surface area contributed by atoms with E-state index in [4.69, 9.17) is 17.0 Å². The van der Waals surface area contributed by atoms with Crippen LogP contribution in [0.5, 0.6) is 0 Å². The van der Waals surface area contributed by atoms with Gasteiger partial charge >= 0.3 is 0 Å². The van der Waals surface area contributed by atoms with Gasteiger partial charge in [0.2, 0.25) is 0 Å². The van der Waals surface area contributed by atoms with Gasteiger partial charge in [0.25, 0.3) is 11.5 Å². The topological polar surface area (TPSA) is 78.6 Å². The number of thiocarbonyl (C=S) groups is 1. The lowest BCUT2D eigenvalue weighted by molar-refractivity contribution is -0.124. The maximum absolute atomic E-state index is 13.4. The molecule has 0 bridgehead atoms. The SMILES string of the molecule is CCCn1c(N2CCOCC2)c(C=C2SC(=S)N(C3CCCCC3)C2=O)c(C)c(C#N)c1=O. The summed E-state index contributed by atoms with van der Waals surface area (Å²) >= 11 is 6.94. The smallest absolute Gasteiger partial charge is 0.270 e. The number of amides is 1. The van der Waals surface area contributed by atoms with Crippen molar-refractivity contribution >= 4 is 46.1 Å². The molecule has 7 nitrogen and oxygen atoms in total. The summed E-state index contributed by atoms with van der Waals surface area (Å²) in [6, 6.07) is 2.27. The van der Waals surface area contributed by atoms with Crippen LogP contribution in [0.4, 0.5) is 5.82 Å². The minimum Gasteiger partial charge on any atom is -0.378 e. The number of carbonyl (C=O) groups is 1. The molecule has 1 aromatic heterocycles. The number of aromatic nitrogens is 1. The molecule has 4 rings (SSSR count). The molecule has 33 heavy (non-hydrogen) atoms. The number of ether oxygens (including phenoxy) is 1. The van der Waals surface area contributed by atoms with Crippen molar-refractivity contribution in [3.8, 4) is 6.07 Å². The molecule has 0 spiro atoms. The highest BCUT2D eigenvalue weighted by atomic mass is 32.2. The number of rotatable bonds is 5. The van der Waals surface area contributed by atoms with Crippen LogP contribution in [-0.2, 0) is 16.1 Å². The minimum atomic E-state index is -0.273. The van der Waals surface area contributed by atoms with Crippen molar-refractivity contribution < 1.29 is 9.53 Å². The summed E-state index contributed by atoms with van der Waals surface area (Å²) in [5.41, 5.74) is 1.23. The van der Waals surface area contributed by atoms with E-state index in [-0.39, 0.29) is 23.1 Å². The number of hydrogen-bond donors (Lipinski definition) is 0. The number of nitrogens with zero attached hydrogens (tertiary/aromatic N) is 4. The molecule has 1 aliphatic carbocycles. The lowest BCUT2D eigenvalue weighted by atomic mass is 9.94. The molecule has 3 heterocycles. The van der Waals surface area contributed by atoms with E-state index in [0.29, 0.717) is 47.6 Å². The molecule has 0 N–H and O–H groups in total. The first kappa shape index (κ1) is 24.0. The third-order valence-electron chi connectivity index (χ3n) is 6.64. The molecule has 2 saturated heterocycles. The largest absolute Gasteiger partial charge is 0.378 e. The van der Waals surface area contributed by atoms with E-state index >= 15 is 0 Å². The molecular weight excluding hydrogens is 456 g/mol. The summed E-state index contributed by atoms with van der Waals surface area (Å²) in [5, 5.41) is 9.77. The van der Waals surface area contributed by atoms with Crippen LogP contribution in [0.25, 0.3) is 6.08 Å². The van der Waals surface area contributed by atoms with Gasteiger partial charge in [-0.3, -0.25) is 19.1 Å². The summed E-state index contributed by atoms with van der Waals surface area (Å²) < 4.78 is 7.84. The van der Waals surface area contributed by atoms with Crippen molar-refractivity contribution in [3.05, 3.63) is 31.9 Å². The number of carbonyl (C=O) groups excluding carboxylic acids is 1. The van der Waals surface area contributed by atoms with Gasteiger partial charge in [-0.25, -0.2) is 0 Å². The Labute approximate surface area is 204 Å². The molecule has 176 valence electrons. The first-order valence-electron chi connectivity index (χ1n) is 11.7. The molecule has 3 fully saturated rings. The molecule has 0 aromatic carbocycles. The van der Waals surface area contributed by atoms with E-state index in [9.17, 15) is 14.9 Å². The van der Waals surface area contributed by atoms with Crippen molar-refractivity contribution in [2.75, 3.05) is 31.2 Å². The third kappa shape index (κ3) is 4.61. The quantitative estimate of drug-likeness (QED) is 0.463. The number of hydrogen-bond acceptors (Lipinski definition) is 7. The highest BCUT2D eigenvalue weighted by molar-refractivity contribution is 8.26. The second-order valence-electron chi connectivity index (χ2n) is 8.75. The summed E-state index contributed by atoms with van der Waals surface area (Å²) in [7, 11) is 0. The lowest BCUT2D eigenvalue weighted by Gasteiger charge is -2.33. The van der Waals surface area contributed by atoms with Crippen LogP contribution in [0.3, 0.4) is 0 Å². The number of morpholine rings is 1. The average Bonchev–Trinajstić information content (AvgIpc) is 3.11. The van der Waals surface area contributed by atoms with Gasteiger partial charge in [-0.05, 0) is 37.8 Å². The molecule has 0 unspecified atom stereocenters. The summed E-state index contributed by atoms with van der Waals surface area (Å²) in [5.74, 6) is 0.709. The van der Waals surface area contributed by atoms with Crippen LogP contribution in [0.15, 0.2) is 9.70 Å². The lowest BCUT2D eigenvalue weighted by Crippen LogP contribution is -2.41. The molecule has 2 aliphatic heterocycles. The highest BCUT2D eigenvalue weighted by Gasteiger charge is 2.38. The molecule has 1 saturated carbocycles. The van der Waals surface area contributed by atoms with Crippen LogP contribution in [0.1, 0.15) is 62.1 Å². The van der Waals surface area contributed by atoms with Crippen LogP contribution >= 0.6 is 24.0 Å². The molecule has 1 aromatic rings. The molecule has 0 atom stereocenters. The fourth-order valence-electron chi connectivity index (χ4n) is 4.96. The second-order valence-corrected chi connectivity index (χ2v) is 10.4. The Balaban J connectivity index is 1.84. The van der Waals surface area contributed by atoms with Gasteiger partial charge in [-0.1, -0.05) is 50.2 Å². The van der Waals surface area contributed by atoms with E-state index in [2.05, 4.69) is 11.0 Å². The second kappa shape index (κ2) is 10.4. The van der Waals surface area contributed by atoms with E-state index in [1.165, 1.54) is 18.2 Å². The number of pyridine rings is 1. The Morgan fingerprint density at radius 3 is 2.55 bits per heavy atom. The Bertz CT molecular complexity index is 1080. The van der Waals surface area contributed by atoms with Crippen molar-refractivity contribution in [2.24, 2.45) is 0 Å². The van der Waals surface area contributed by atoms with Gasteiger partial charge < -0.3 is 9.64 Å². The zero-order valence-corrected chi connectivity index (χ0v) is 20.9. The Morgan fingerprint density at radius 2 is 1.91 bits per heavy atom.